The SMILES string of the molecule is COC(=O)C1=C(C)N=c2s/c(=C/c3ccc(-c4ccc(Br)cc4)o3)c(=O)n2[C@@H]1c1cccs1. The van der Waals surface area contributed by atoms with E-state index in [1.165, 1.54) is 29.8 Å². The van der Waals surface area contributed by atoms with Crippen LogP contribution in [0.15, 0.2) is 83.9 Å². The highest BCUT2D eigenvalue weighted by Gasteiger charge is 2.33. The summed E-state index contributed by atoms with van der Waals surface area (Å²) in [7, 11) is 1.33. The van der Waals surface area contributed by atoms with E-state index in [-0.39, 0.29) is 5.56 Å². The van der Waals surface area contributed by atoms with Crippen LogP contribution in [0, 0.1) is 0 Å². The second kappa shape index (κ2) is 8.74. The smallest absolute Gasteiger partial charge is 0.338 e. The molecule has 33 heavy (non-hydrogen) atoms. The zero-order valence-electron chi connectivity index (χ0n) is 17.6. The second-order valence-corrected chi connectivity index (χ2v) is 10.2. The number of methoxy groups -OCH3 is 1. The summed E-state index contributed by atoms with van der Waals surface area (Å²) in [5.41, 5.74) is 1.63. The first-order chi connectivity index (χ1) is 16.0. The van der Waals surface area contributed by atoms with E-state index in [1.54, 1.807) is 17.6 Å². The van der Waals surface area contributed by atoms with Crippen molar-refractivity contribution in [3.05, 3.63) is 100.0 Å². The molecule has 166 valence electrons. The van der Waals surface area contributed by atoms with Gasteiger partial charge in [-0.2, -0.15) is 0 Å². The van der Waals surface area contributed by atoms with E-state index in [9.17, 15) is 9.59 Å². The molecular formula is C24H17BrN2O4S2. The molecule has 6 nitrogen and oxygen atoms in total. The fraction of sp³-hybridized carbons (Fsp3) is 0.125. The number of hydrogen-bond acceptors (Lipinski definition) is 7. The summed E-state index contributed by atoms with van der Waals surface area (Å²) in [5.74, 6) is 0.783. The van der Waals surface area contributed by atoms with Crippen molar-refractivity contribution in [2.45, 2.75) is 13.0 Å². The molecule has 0 N–H and O–H groups in total. The van der Waals surface area contributed by atoms with E-state index in [1.807, 2.05) is 53.9 Å². The predicted molar refractivity (Wildman–Crippen MR) is 132 cm³/mol. The number of fused-ring (bicyclic) bond motifs is 1. The molecule has 0 bridgehead atoms. The average molecular weight is 541 g/mol. The number of thiazole rings is 1. The Bertz CT molecular complexity index is 1560. The van der Waals surface area contributed by atoms with Crippen LogP contribution < -0.4 is 14.9 Å². The van der Waals surface area contributed by atoms with Gasteiger partial charge in [-0.05, 0) is 42.6 Å². The molecule has 9 heteroatoms. The number of nitrogens with zero attached hydrogens (tertiary/aromatic N) is 2. The van der Waals surface area contributed by atoms with E-state index in [0.717, 1.165) is 14.9 Å². The maximum absolute atomic E-state index is 13.5. The number of allylic oxidation sites excluding steroid dienone is 1. The van der Waals surface area contributed by atoms with Crippen LogP contribution in [0.3, 0.4) is 0 Å². The lowest BCUT2D eigenvalue weighted by Crippen LogP contribution is -2.39. The first-order valence-corrected chi connectivity index (χ1v) is 12.4. The second-order valence-electron chi connectivity index (χ2n) is 7.30. The lowest BCUT2D eigenvalue weighted by molar-refractivity contribution is -0.136. The van der Waals surface area contributed by atoms with Crippen LogP contribution in [0.25, 0.3) is 17.4 Å². The molecule has 1 atom stereocenters. The third kappa shape index (κ3) is 3.96. The minimum Gasteiger partial charge on any atom is -0.466 e. The number of ether oxygens (including phenoxy) is 1. The standard InChI is InChI=1S/C24H17BrN2O4S2/c1-13-20(23(29)30-2)21(18-4-3-11-32-18)27-22(28)19(33-24(27)26-13)12-16-9-10-17(31-16)14-5-7-15(25)8-6-14/h3-12,21H,1-2H3/b19-12+/t21-/m1/s1. The molecule has 1 aliphatic heterocycles. The number of aromatic nitrogens is 1. The molecule has 1 aromatic carbocycles. The zero-order valence-corrected chi connectivity index (χ0v) is 20.8. The third-order valence-corrected chi connectivity index (χ3v) is 7.70. The van der Waals surface area contributed by atoms with Gasteiger partial charge in [-0.3, -0.25) is 9.36 Å². The number of thiophene rings is 1. The molecule has 0 aliphatic carbocycles. The first kappa shape index (κ1) is 21.8. The van der Waals surface area contributed by atoms with Crippen molar-refractivity contribution in [1.29, 1.82) is 0 Å². The Morgan fingerprint density at radius 2 is 2.00 bits per heavy atom. The average Bonchev–Trinajstić information content (AvgIpc) is 3.55. The Balaban J connectivity index is 1.62. The number of benzene rings is 1. The van der Waals surface area contributed by atoms with Crippen LogP contribution in [0.2, 0.25) is 0 Å². The molecule has 4 heterocycles. The molecular weight excluding hydrogens is 524 g/mol. The molecule has 4 aromatic rings. The normalized spacial score (nSPS) is 16.0. The highest BCUT2D eigenvalue weighted by Crippen LogP contribution is 2.33. The number of furan rings is 1. The van der Waals surface area contributed by atoms with Crippen molar-refractivity contribution in [1.82, 2.24) is 4.57 Å². The summed E-state index contributed by atoms with van der Waals surface area (Å²) in [6.45, 7) is 1.76. The predicted octanol–water partition coefficient (Wildman–Crippen LogP) is 4.49. The summed E-state index contributed by atoms with van der Waals surface area (Å²) < 4.78 is 14.0. The van der Waals surface area contributed by atoms with E-state index in [0.29, 0.717) is 32.1 Å². The van der Waals surface area contributed by atoms with Gasteiger partial charge in [0.2, 0.25) is 0 Å². The number of rotatable bonds is 4. The van der Waals surface area contributed by atoms with Gasteiger partial charge in [0.05, 0.1) is 22.9 Å². The minimum absolute atomic E-state index is 0.229. The number of carbonyl (C=O) groups excluding carboxylic acids is 1. The molecule has 0 saturated carbocycles. The van der Waals surface area contributed by atoms with Gasteiger partial charge in [-0.1, -0.05) is 45.5 Å². The van der Waals surface area contributed by atoms with Crippen LogP contribution in [-0.2, 0) is 9.53 Å². The van der Waals surface area contributed by atoms with Gasteiger partial charge in [-0.15, -0.1) is 11.3 Å². The summed E-state index contributed by atoms with van der Waals surface area (Å²) in [6, 6.07) is 14.7. The summed E-state index contributed by atoms with van der Waals surface area (Å²) in [4.78, 5) is 32.0. The van der Waals surface area contributed by atoms with Gasteiger partial charge in [0, 0.05) is 21.0 Å². The molecule has 0 radical (unpaired) electrons. The zero-order chi connectivity index (χ0) is 23.1. The van der Waals surface area contributed by atoms with E-state index in [4.69, 9.17) is 9.15 Å². The van der Waals surface area contributed by atoms with Crippen molar-refractivity contribution in [3.63, 3.8) is 0 Å². The van der Waals surface area contributed by atoms with Crippen molar-refractivity contribution in [2.75, 3.05) is 7.11 Å². The number of esters is 1. The van der Waals surface area contributed by atoms with Crippen molar-refractivity contribution >= 4 is 50.6 Å². The third-order valence-electron chi connectivity index (χ3n) is 5.27. The lowest BCUT2D eigenvalue weighted by Gasteiger charge is -2.22. The van der Waals surface area contributed by atoms with Gasteiger partial charge >= 0.3 is 5.97 Å². The molecule has 1 aliphatic rings. The fourth-order valence-corrected chi connectivity index (χ4v) is 5.85. The summed E-state index contributed by atoms with van der Waals surface area (Å²) in [5, 5.41) is 1.92. The number of hydrogen-bond donors (Lipinski definition) is 0. The minimum atomic E-state index is -0.578. The first-order valence-electron chi connectivity index (χ1n) is 9.96. The molecule has 0 spiro atoms. The molecule has 3 aromatic heterocycles. The Kier molecular flexibility index (Phi) is 5.77. The van der Waals surface area contributed by atoms with Gasteiger partial charge in [-0.25, -0.2) is 9.79 Å². The fourth-order valence-electron chi connectivity index (χ4n) is 3.74. The Morgan fingerprint density at radius 3 is 2.70 bits per heavy atom. The van der Waals surface area contributed by atoms with Crippen LogP contribution in [0.5, 0.6) is 0 Å². The van der Waals surface area contributed by atoms with E-state index < -0.39 is 12.0 Å². The van der Waals surface area contributed by atoms with Crippen LogP contribution in [-0.4, -0.2) is 17.6 Å². The number of halogens is 1. The monoisotopic (exact) mass is 540 g/mol. The van der Waals surface area contributed by atoms with Gasteiger partial charge in [0.15, 0.2) is 4.80 Å². The van der Waals surface area contributed by atoms with Crippen LogP contribution >= 0.6 is 38.6 Å². The molecule has 0 saturated heterocycles. The Hall–Kier alpha value is -3.01. The largest absolute Gasteiger partial charge is 0.466 e. The Morgan fingerprint density at radius 1 is 1.21 bits per heavy atom. The van der Waals surface area contributed by atoms with Crippen LogP contribution in [0.1, 0.15) is 23.6 Å². The van der Waals surface area contributed by atoms with Gasteiger partial charge in [0.25, 0.3) is 5.56 Å². The highest BCUT2D eigenvalue weighted by molar-refractivity contribution is 9.10. The summed E-state index contributed by atoms with van der Waals surface area (Å²) in [6.07, 6.45) is 1.72. The Labute approximate surface area is 204 Å². The van der Waals surface area contributed by atoms with Gasteiger partial charge < -0.3 is 9.15 Å². The van der Waals surface area contributed by atoms with Gasteiger partial charge in [0.1, 0.15) is 17.6 Å². The van der Waals surface area contributed by atoms with Crippen molar-refractivity contribution in [2.24, 2.45) is 4.99 Å². The maximum atomic E-state index is 13.5. The maximum Gasteiger partial charge on any atom is 0.338 e. The molecule has 0 unspecified atom stereocenters. The summed E-state index contributed by atoms with van der Waals surface area (Å²) >= 11 is 6.18. The molecule has 0 fully saturated rings. The molecule has 5 rings (SSSR count). The number of carbonyl (C=O) groups is 1. The van der Waals surface area contributed by atoms with Crippen molar-refractivity contribution in [3.8, 4) is 11.3 Å². The molecule has 0 amide bonds. The quantitative estimate of drug-likeness (QED) is 0.357. The van der Waals surface area contributed by atoms with Crippen LogP contribution in [0.4, 0.5) is 0 Å². The highest BCUT2D eigenvalue weighted by atomic mass is 79.9. The van der Waals surface area contributed by atoms with Crippen molar-refractivity contribution < 1.29 is 13.9 Å². The van der Waals surface area contributed by atoms with E-state index >= 15 is 0 Å². The topological polar surface area (TPSA) is 73.8 Å². The lowest BCUT2D eigenvalue weighted by atomic mass is 10.0. The van der Waals surface area contributed by atoms with E-state index in [2.05, 4.69) is 20.9 Å².